The Balaban J connectivity index is 1.64. The highest BCUT2D eigenvalue weighted by Crippen LogP contribution is 2.49. The van der Waals surface area contributed by atoms with Gasteiger partial charge in [-0.25, -0.2) is 0 Å². The highest BCUT2D eigenvalue weighted by molar-refractivity contribution is 6.31. The molecule has 2 heterocycles. The normalized spacial score (nSPS) is 32.5. The molecule has 4 N–H and O–H groups in total. The Morgan fingerprint density at radius 3 is 2.45 bits per heavy atom. The summed E-state index contributed by atoms with van der Waals surface area (Å²) in [5.74, 6) is -1.76. The molecule has 0 aliphatic carbocycles. The minimum Gasteiger partial charge on any atom is -0.435 e. The van der Waals surface area contributed by atoms with Crippen molar-refractivity contribution in [2.24, 2.45) is 0 Å². The SMILES string of the molecule is OCC12COC(c3ccc(Cl)c(Cc4ccc(OC(F)F)cc4)c3)(O1)C(O)C(O)C2O. The van der Waals surface area contributed by atoms with Crippen LogP contribution in [-0.4, -0.2) is 64.2 Å². The summed E-state index contributed by atoms with van der Waals surface area (Å²) in [6, 6.07) is 10.8. The average Bonchev–Trinajstić information content (AvgIpc) is 3.14. The predicted octanol–water partition coefficient (Wildman–Crippen LogP) is 1.56. The number of aliphatic hydroxyl groups is 4. The van der Waals surface area contributed by atoms with Crippen molar-refractivity contribution in [2.75, 3.05) is 13.2 Å². The average molecular weight is 459 g/mol. The molecular formula is C21H21ClF2O7. The molecule has 0 radical (unpaired) electrons. The number of hydrogen-bond acceptors (Lipinski definition) is 7. The summed E-state index contributed by atoms with van der Waals surface area (Å²) in [5.41, 5.74) is 0.158. The van der Waals surface area contributed by atoms with Crippen LogP contribution in [0, 0.1) is 0 Å². The van der Waals surface area contributed by atoms with Gasteiger partial charge in [0.2, 0.25) is 5.79 Å². The Labute approximate surface area is 181 Å². The second-order valence-electron chi connectivity index (χ2n) is 7.67. The summed E-state index contributed by atoms with van der Waals surface area (Å²) in [6.45, 7) is -3.76. The highest BCUT2D eigenvalue weighted by Gasteiger charge is 2.67. The third-order valence-electron chi connectivity index (χ3n) is 5.72. The van der Waals surface area contributed by atoms with Gasteiger partial charge < -0.3 is 34.6 Å². The van der Waals surface area contributed by atoms with Crippen LogP contribution in [0.15, 0.2) is 42.5 Å². The van der Waals surface area contributed by atoms with Crippen LogP contribution in [0.1, 0.15) is 16.7 Å². The largest absolute Gasteiger partial charge is 0.435 e. The van der Waals surface area contributed by atoms with Crippen LogP contribution in [-0.2, 0) is 21.7 Å². The molecule has 5 unspecified atom stereocenters. The quantitative estimate of drug-likeness (QED) is 0.520. The van der Waals surface area contributed by atoms with Crippen molar-refractivity contribution >= 4 is 11.6 Å². The number of halogens is 3. The highest BCUT2D eigenvalue weighted by atomic mass is 35.5. The molecule has 0 spiro atoms. The van der Waals surface area contributed by atoms with Crippen molar-refractivity contribution in [3.05, 3.63) is 64.2 Å². The molecule has 168 valence electrons. The molecule has 2 bridgehead atoms. The molecule has 2 aromatic rings. The third-order valence-corrected chi connectivity index (χ3v) is 6.09. The monoisotopic (exact) mass is 458 g/mol. The van der Waals surface area contributed by atoms with E-state index in [1.807, 2.05) is 0 Å². The first kappa shape index (κ1) is 22.3. The summed E-state index contributed by atoms with van der Waals surface area (Å²) < 4.78 is 40.5. The van der Waals surface area contributed by atoms with Crippen LogP contribution in [0.25, 0.3) is 0 Å². The van der Waals surface area contributed by atoms with E-state index in [0.717, 1.165) is 5.56 Å². The molecule has 0 amide bonds. The maximum absolute atomic E-state index is 12.3. The first-order valence-corrected chi connectivity index (χ1v) is 9.90. The minimum atomic E-state index is -2.91. The summed E-state index contributed by atoms with van der Waals surface area (Å²) in [7, 11) is 0. The molecule has 31 heavy (non-hydrogen) atoms. The molecule has 2 aliphatic heterocycles. The van der Waals surface area contributed by atoms with Gasteiger partial charge in [-0.1, -0.05) is 29.8 Å². The molecule has 5 atom stereocenters. The van der Waals surface area contributed by atoms with Gasteiger partial charge in [0.1, 0.15) is 29.7 Å². The van der Waals surface area contributed by atoms with Crippen molar-refractivity contribution in [1.29, 1.82) is 0 Å². The van der Waals surface area contributed by atoms with Crippen molar-refractivity contribution in [3.63, 3.8) is 0 Å². The zero-order valence-corrected chi connectivity index (χ0v) is 16.9. The van der Waals surface area contributed by atoms with E-state index < -0.39 is 42.9 Å². The molecule has 2 aromatic carbocycles. The molecule has 4 rings (SSSR count). The molecule has 2 fully saturated rings. The number of ether oxygens (including phenoxy) is 3. The van der Waals surface area contributed by atoms with Crippen LogP contribution in [0.3, 0.4) is 0 Å². The van der Waals surface area contributed by atoms with E-state index in [4.69, 9.17) is 21.1 Å². The van der Waals surface area contributed by atoms with Crippen molar-refractivity contribution in [3.8, 4) is 5.75 Å². The summed E-state index contributed by atoms with van der Waals surface area (Å²) in [5, 5.41) is 41.4. The van der Waals surface area contributed by atoms with E-state index in [1.54, 1.807) is 30.3 Å². The number of benzene rings is 2. The van der Waals surface area contributed by atoms with Gasteiger partial charge in [0.25, 0.3) is 0 Å². The number of hydrogen-bond donors (Lipinski definition) is 4. The second-order valence-corrected chi connectivity index (χ2v) is 8.07. The molecule has 2 saturated heterocycles. The van der Waals surface area contributed by atoms with Crippen molar-refractivity contribution in [2.45, 2.75) is 42.7 Å². The van der Waals surface area contributed by atoms with Crippen LogP contribution >= 0.6 is 11.6 Å². The molecule has 7 nitrogen and oxygen atoms in total. The Hall–Kier alpha value is -1.85. The smallest absolute Gasteiger partial charge is 0.387 e. The van der Waals surface area contributed by atoms with Gasteiger partial charge in [0, 0.05) is 10.6 Å². The maximum atomic E-state index is 12.3. The lowest BCUT2D eigenvalue weighted by molar-refractivity contribution is -0.329. The Bertz CT molecular complexity index is 944. The van der Waals surface area contributed by atoms with Crippen LogP contribution in [0.5, 0.6) is 5.75 Å². The lowest BCUT2D eigenvalue weighted by Crippen LogP contribution is -2.65. The fourth-order valence-corrected chi connectivity index (χ4v) is 4.19. The standard InChI is InChI=1S/C21H21ClF2O7/c22-15-6-3-13(8-12(15)7-11-1-4-14(5-2-11)30-19(23)24)21-18(28)16(26)17(27)20(9-25,31-21)10-29-21/h1-6,8,16-19,25-28H,7,9-10H2. The van der Waals surface area contributed by atoms with Crippen molar-refractivity contribution in [1.82, 2.24) is 0 Å². The van der Waals surface area contributed by atoms with Crippen LogP contribution < -0.4 is 4.74 Å². The number of fused-ring (bicyclic) bond motifs is 2. The lowest BCUT2D eigenvalue weighted by atomic mass is 9.83. The zero-order chi connectivity index (χ0) is 22.4. The van der Waals surface area contributed by atoms with Gasteiger partial charge in [0.15, 0.2) is 0 Å². The first-order valence-electron chi connectivity index (χ1n) is 9.52. The third kappa shape index (κ3) is 3.80. The fourth-order valence-electron chi connectivity index (χ4n) is 4.01. The van der Waals surface area contributed by atoms with E-state index in [2.05, 4.69) is 4.74 Å². The van der Waals surface area contributed by atoms with E-state index in [0.29, 0.717) is 22.6 Å². The number of rotatable bonds is 6. The van der Waals surface area contributed by atoms with Crippen LogP contribution in [0.4, 0.5) is 8.78 Å². The topological polar surface area (TPSA) is 109 Å². The van der Waals surface area contributed by atoms with E-state index in [1.165, 1.54) is 12.1 Å². The summed E-state index contributed by atoms with van der Waals surface area (Å²) in [4.78, 5) is 0. The number of alkyl halides is 2. The lowest BCUT2D eigenvalue weighted by Gasteiger charge is -2.46. The van der Waals surface area contributed by atoms with Gasteiger partial charge in [-0.2, -0.15) is 8.78 Å². The number of aliphatic hydroxyl groups excluding tert-OH is 4. The first-order chi connectivity index (χ1) is 14.7. The van der Waals surface area contributed by atoms with Gasteiger partial charge in [0.05, 0.1) is 13.2 Å². The Morgan fingerprint density at radius 2 is 1.81 bits per heavy atom. The fraction of sp³-hybridized carbons (Fsp3) is 0.429. The van der Waals surface area contributed by atoms with E-state index in [9.17, 15) is 29.2 Å². The molecular weight excluding hydrogens is 438 g/mol. The maximum Gasteiger partial charge on any atom is 0.387 e. The molecule has 10 heteroatoms. The van der Waals surface area contributed by atoms with Gasteiger partial charge >= 0.3 is 6.61 Å². The summed E-state index contributed by atoms with van der Waals surface area (Å²) >= 11 is 6.33. The van der Waals surface area contributed by atoms with Crippen LogP contribution in [0.2, 0.25) is 5.02 Å². The van der Waals surface area contributed by atoms with Gasteiger partial charge in [-0.15, -0.1) is 0 Å². The van der Waals surface area contributed by atoms with Gasteiger partial charge in [-0.3, -0.25) is 0 Å². The molecule has 0 aromatic heterocycles. The minimum absolute atomic E-state index is 0.0310. The molecule has 0 saturated carbocycles. The Morgan fingerprint density at radius 1 is 1.10 bits per heavy atom. The van der Waals surface area contributed by atoms with E-state index in [-0.39, 0.29) is 12.4 Å². The second kappa shape index (κ2) is 8.25. The van der Waals surface area contributed by atoms with E-state index >= 15 is 0 Å². The summed E-state index contributed by atoms with van der Waals surface area (Å²) in [6.07, 6.45) is -4.44. The predicted molar refractivity (Wildman–Crippen MR) is 104 cm³/mol. The molecule has 2 aliphatic rings. The van der Waals surface area contributed by atoms with Crippen molar-refractivity contribution < 1.29 is 43.4 Å². The zero-order valence-electron chi connectivity index (χ0n) is 16.1. The van der Waals surface area contributed by atoms with Gasteiger partial charge in [-0.05, 0) is 41.8 Å². The Kier molecular flexibility index (Phi) is 5.95.